The molecule has 2 nitrogen and oxygen atoms in total. The Kier molecular flexibility index (Phi) is 4.57. The SMILES string of the molecule is CNC1CCCCC(Cc2nc(C)c(C)s2)C1. The Morgan fingerprint density at radius 2 is 2.06 bits per heavy atom. The molecule has 17 heavy (non-hydrogen) atoms. The number of hydrogen-bond acceptors (Lipinski definition) is 3. The van der Waals surface area contributed by atoms with Crippen molar-refractivity contribution in [2.75, 3.05) is 7.05 Å². The third kappa shape index (κ3) is 3.52. The van der Waals surface area contributed by atoms with Crippen LogP contribution in [0.3, 0.4) is 0 Å². The van der Waals surface area contributed by atoms with E-state index in [2.05, 4.69) is 31.2 Å². The van der Waals surface area contributed by atoms with Gasteiger partial charge in [0.1, 0.15) is 0 Å². The van der Waals surface area contributed by atoms with Crippen molar-refractivity contribution in [3.05, 3.63) is 15.6 Å². The average Bonchev–Trinajstić information content (AvgIpc) is 2.54. The Labute approximate surface area is 109 Å². The van der Waals surface area contributed by atoms with Crippen molar-refractivity contribution in [3.8, 4) is 0 Å². The van der Waals surface area contributed by atoms with Gasteiger partial charge in [0.2, 0.25) is 0 Å². The molecule has 0 amide bonds. The van der Waals surface area contributed by atoms with Crippen molar-refractivity contribution in [1.29, 1.82) is 0 Å². The Morgan fingerprint density at radius 3 is 2.71 bits per heavy atom. The van der Waals surface area contributed by atoms with Crippen LogP contribution in [0.5, 0.6) is 0 Å². The second kappa shape index (κ2) is 5.96. The van der Waals surface area contributed by atoms with Gasteiger partial charge in [-0.2, -0.15) is 0 Å². The van der Waals surface area contributed by atoms with Gasteiger partial charge in [-0.25, -0.2) is 4.98 Å². The molecule has 0 radical (unpaired) electrons. The molecule has 1 aliphatic carbocycles. The Hall–Kier alpha value is -0.410. The van der Waals surface area contributed by atoms with Crippen LogP contribution in [0.1, 0.15) is 47.7 Å². The van der Waals surface area contributed by atoms with E-state index in [0.29, 0.717) is 0 Å². The summed E-state index contributed by atoms with van der Waals surface area (Å²) in [6.07, 6.45) is 8.04. The molecule has 2 rings (SSSR count). The van der Waals surface area contributed by atoms with Crippen molar-refractivity contribution in [2.24, 2.45) is 5.92 Å². The molecule has 0 saturated heterocycles. The Morgan fingerprint density at radius 1 is 1.29 bits per heavy atom. The lowest BCUT2D eigenvalue weighted by Crippen LogP contribution is -2.26. The lowest BCUT2D eigenvalue weighted by molar-refractivity contribution is 0.400. The first-order valence-corrected chi connectivity index (χ1v) is 7.61. The van der Waals surface area contributed by atoms with Crippen molar-refractivity contribution < 1.29 is 0 Å². The highest BCUT2D eigenvalue weighted by Gasteiger charge is 2.20. The molecule has 1 aliphatic rings. The molecule has 2 atom stereocenters. The minimum Gasteiger partial charge on any atom is -0.317 e. The predicted octanol–water partition coefficient (Wildman–Crippen LogP) is 3.47. The molecule has 0 aliphatic heterocycles. The van der Waals surface area contributed by atoms with Gasteiger partial charge in [0, 0.05) is 17.3 Å². The van der Waals surface area contributed by atoms with Gasteiger partial charge in [0.25, 0.3) is 0 Å². The summed E-state index contributed by atoms with van der Waals surface area (Å²) < 4.78 is 0. The second-order valence-corrected chi connectivity index (χ2v) is 6.61. The molecule has 0 aromatic carbocycles. The maximum atomic E-state index is 4.68. The van der Waals surface area contributed by atoms with E-state index in [1.165, 1.54) is 54.1 Å². The maximum absolute atomic E-state index is 4.68. The number of nitrogens with one attached hydrogen (secondary N) is 1. The normalized spacial score (nSPS) is 25.8. The van der Waals surface area contributed by atoms with E-state index >= 15 is 0 Å². The zero-order valence-corrected chi connectivity index (χ0v) is 12.1. The lowest BCUT2D eigenvalue weighted by Gasteiger charge is -2.18. The van der Waals surface area contributed by atoms with E-state index in [1.807, 2.05) is 11.3 Å². The molecule has 1 aromatic heterocycles. The highest BCUT2D eigenvalue weighted by atomic mass is 32.1. The van der Waals surface area contributed by atoms with E-state index in [1.54, 1.807) is 0 Å². The van der Waals surface area contributed by atoms with E-state index in [4.69, 9.17) is 0 Å². The molecule has 0 bridgehead atoms. The molecule has 2 unspecified atom stereocenters. The van der Waals surface area contributed by atoms with Crippen LogP contribution in [0.25, 0.3) is 0 Å². The number of nitrogens with zero attached hydrogens (tertiary/aromatic N) is 1. The fourth-order valence-corrected chi connectivity index (χ4v) is 3.83. The van der Waals surface area contributed by atoms with Crippen LogP contribution in [0.4, 0.5) is 0 Å². The van der Waals surface area contributed by atoms with E-state index in [9.17, 15) is 0 Å². The van der Waals surface area contributed by atoms with E-state index < -0.39 is 0 Å². The molecule has 3 heteroatoms. The van der Waals surface area contributed by atoms with Gasteiger partial charge >= 0.3 is 0 Å². The molecule has 0 spiro atoms. The highest BCUT2D eigenvalue weighted by Crippen LogP contribution is 2.28. The van der Waals surface area contributed by atoms with E-state index in [0.717, 1.165) is 12.0 Å². The minimum absolute atomic E-state index is 0.727. The monoisotopic (exact) mass is 252 g/mol. The lowest BCUT2D eigenvalue weighted by atomic mass is 9.95. The first-order chi connectivity index (χ1) is 8.19. The third-order valence-corrected chi connectivity index (χ3v) is 5.07. The average molecular weight is 252 g/mol. The van der Waals surface area contributed by atoms with Crippen LogP contribution in [0.2, 0.25) is 0 Å². The largest absolute Gasteiger partial charge is 0.317 e. The molecule has 1 N–H and O–H groups in total. The summed E-state index contributed by atoms with van der Waals surface area (Å²) in [7, 11) is 2.10. The standard InChI is InChI=1S/C14H24N2S/c1-10-11(2)17-14(16-10)9-12-6-4-5-7-13(8-12)15-3/h12-13,15H,4-9H2,1-3H3. The first-order valence-electron chi connectivity index (χ1n) is 6.79. The second-order valence-electron chi connectivity index (χ2n) is 5.33. The number of rotatable bonds is 3. The summed E-state index contributed by atoms with van der Waals surface area (Å²) in [6.45, 7) is 4.30. The van der Waals surface area contributed by atoms with Crippen molar-refractivity contribution in [3.63, 3.8) is 0 Å². The minimum atomic E-state index is 0.727. The molecule has 96 valence electrons. The molecular formula is C14H24N2S. The Balaban J connectivity index is 1.97. The van der Waals surface area contributed by atoms with Crippen LogP contribution in [0, 0.1) is 19.8 Å². The first kappa shape index (κ1) is 13.0. The van der Waals surface area contributed by atoms with Crippen LogP contribution in [0.15, 0.2) is 0 Å². The van der Waals surface area contributed by atoms with Crippen LogP contribution < -0.4 is 5.32 Å². The number of hydrogen-bond donors (Lipinski definition) is 1. The molecule has 1 fully saturated rings. The van der Waals surface area contributed by atoms with Gasteiger partial charge in [-0.1, -0.05) is 12.8 Å². The van der Waals surface area contributed by atoms with Crippen LogP contribution >= 0.6 is 11.3 Å². The van der Waals surface area contributed by atoms with Gasteiger partial charge in [-0.3, -0.25) is 0 Å². The highest BCUT2D eigenvalue weighted by molar-refractivity contribution is 7.11. The summed E-state index contributed by atoms with van der Waals surface area (Å²) in [5, 5.41) is 4.81. The predicted molar refractivity (Wildman–Crippen MR) is 74.7 cm³/mol. The summed E-state index contributed by atoms with van der Waals surface area (Å²) in [4.78, 5) is 6.07. The van der Waals surface area contributed by atoms with Crippen molar-refractivity contribution in [1.82, 2.24) is 10.3 Å². The summed E-state index contributed by atoms with van der Waals surface area (Å²) in [5.41, 5.74) is 1.23. The van der Waals surface area contributed by atoms with Gasteiger partial charge in [-0.05, 0) is 46.1 Å². The maximum Gasteiger partial charge on any atom is 0.0933 e. The van der Waals surface area contributed by atoms with Gasteiger partial charge in [0.05, 0.1) is 10.7 Å². The van der Waals surface area contributed by atoms with Gasteiger partial charge in [-0.15, -0.1) is 11.3 Å². The summed E-state index contributed by atoms with van der Waals surface area (Å²) >= 11 is 1.89. The summed E-state index contributed by atoms with van der Waals surface area (Å²) in [5.74, 6) is 0.833. The van der Waals surface area contributed by atoms with Crippen molar-refractivity contribution in [2.45, 2.75) is 58.4 Å². The van der Waals surface area contributed by atoms with Gasteiger partial charge < -0.3 is 5.32 Å². The van der Waals surface area contributed by atoms with E-state index in [-0.39, 0.29) is 0 Å². The zero-order chi connectivity index (χ0) is 12.3. The molecule has 1 heterocycles. The fraction of sp³-hybridized carbons (Fsp3) is 0.786. The quantitative estimate of drug-likeness (QED) is 0.833. The summed E-state index contributed by atoms with van der Waals surface area (Å²) in [6, 6.07) is 0.727. The molecule has 1 aromatic rings. The molecular weight excluding hydrogens is 228 g/mol. The molecule has 1 saturated carbocycles. The van der Waals surface area contributed by atoms with Crippen molar-refractivity contribution >= 4 is 11.3 Å². The third-order valence-electron chi connectivity index (χ3n) is 3.98. The Bertz CT molecular complexity index is 340. The smallest absolute Gasteiger partial charge is 0.0933 e. The topological polar surface area (TPSA) is 24.9 Å². The van der Waals surface area contributed by atoms with Crippen LogP contribution in [-0.4, -0.2) is 18.1 Å². The fourth-order valence-electron chi connectivity index (χ4n) is 2.78. The number of aromatic nitrogens is 1. The number of aryl methyl sites for hydroxylation is 2. The van der Waals surface area contributed by atoms with Crippen LogP contribution in [-0.2, 0) is 6.42 Å². The zero-order valence-electron chi connectivity index (χ0n) is 11.3. The van der Waals surface area contributed by atoms with Gasteiger partial charge in [0.15, 0.2) is 0 Å². The number of thiazole rings is 1.